The van der Waals surface area contributed by atoms with Crippen LogP contribution in [0.25, 0.3) is 11.1 Å². The maximum absolute atomic E-state index is 13.9. The van der Waals surface area contributed by atoms with Gasteiger partial charge in [0.25, 0.3) is 15.9 Å². The third-order valence-corrected chi connectivity index (χ3v) is 8.28. The highest BCUT2D eigenvalue weighted by Gasteiger charge is 2.32. The van der Waals surface area contributed by atoms with Crippen LogP contribution in [0.2, 0.25) is 0 Å². The number of carbonyl (C=O) groups excluding carboxylic acids is 1. The van der Waals surface area contributed by atoms with Crippen LogP contribution >= 0.6 is 11.3 Å². The Balaban J connectivity index is 1.84. The standard InChI is InChI=1S/C26H24N2O3S2/c1-18-9-7-13-21(15-18)27-26(29)24-25(23(17-32-24)20-11-5-4-6-12-20)33(30,31)28(3)22-14-8-10-19(2)16-22/h4-17H,1-3H3,(H,27,29). The molecule has 1 amide bonds. The number of benzene rings is 3. The van der Waals surface area contributed by atoms with Crippen molar-refractivity contribution >= 4 is 38.6 Å². The van der Waals surface area contributed by atoms with Gasteiger partial charge in [-0.3, -0.25) is 9.10 Å². The number of amides is 1. The van der Waals surface area contributed by atoms with Crippen molar-refractivity contribution in [2.45, 2.75) is 18.7 Å². The maximum atomic E-state index is 13.9. The van der Waals surface area contributed by atoms with Crippen LogP contribution in [0.3, 0.4) is 0 Å². The van der Waals surface area contributed by atoms with Crippen molar-refractivity contribution in [3.05, 3.63) is 100 Å². The summed E-state index contributed by atoms with van der Waals surface area (Å²) in [5.41, 5.74) is 4.33. The zero-order valence-corrected chi connectivity index (χ0v) is 20.2. The summed E-state index contributed by atoms with van der Waals surface area (Å²) >= 11 is 1.13. The molecule has 0 aliphatic heterocycles. The molecule has 1 N–H and O–H groups in total. The molecule has 0 spiro atoms. The van der Waals surface area contributed by atoms with E-state index in [9.17, 15) is 13.2 Å². The van der Waals surface area contributed by atoms with E-state index >= 15 is 0 Å². The van der Waals surface area contributed by atoms with Crippen molar-refractivity contribution in [1.82, 2.24) is 0 Å². The first-order chi connectivity index (χ1) is 15.8. The molecule has 0 radical (unpaired) electrons. The minimum Gasteiger partial charge on any atom is -0.321 e. The van der Waals surface area contributed by atoms with Gasteiger partial charge < -0.3 is 5.32 Å². The van der Waals surface area contributed by atoms with Crippen molar-refractivity contribution in [3.63, 3.8) is 0 Å². The largest absolute Gasteiger partial charge is 0.321 e. The molecular formula is C26H24N2O3S2. The van der Waals surface area contributed by atoms with E-state index in [0.29, 0.717) is 16.9 Å². The second-order valence-electron chi connectivity index (χ2n) is 7.81. The summed E-state index contributed by atoms with van der Waals surface area (Å²) in [5.74, 6) is -0.455. The van der Waals surface area contributed by atoms with Crippen molar-refractivity contribution in [2.24, 2.45) is 0 Å². The fraction of sp³-hybridized carbons (Fsp3) is 0.115. The average Bonchev–Trinajstić information content (AvgIpc) is 3.25. The summed E-state index contributed by atoms with van der Waals surface area (Å²) in [4.78, 5) is 13.4. The van der Waals surface area contributed by atoms with Crippen molar-refractivity contribution in [2.75, 3.05) is 16.7 Å². The Bertz CT molecular complexity index is 1410. The average molecular weight is 477 g/mol. The number of hydrogen-bond acceptors (Lipinski definition) is 4. The summed E-state index contributed by atoms with van der Waals surface area (Å²) < 4.78 is 29.0. The third-order valence-electron chi connectivity index (χ3n) is 5.30. The number of nitrogens with zero attached hydrogens (tertiary/aromatic N) is 1. The second kappa shape index (κ2) is 9.21. The van der Waals surface area contributed by atoms with Crippen molar-refractivity contribution < 1.29 is 13.2 Å². The van der Waals surface area contributed by atoms with E-state index in [0.717, 1.165) is 28.0 Å². The van der Waals surface area contributed by atoms with Crippen LogP contribution < -0.4 is 9.62 Å². The molecule has 1 aromatic heterocycles. The van der Waals surface area contributed by atoms with E-state index in [1.165, 1.54) is 11.4 Å². The molecular weight excluding hydrogens is 452 g/mol. The van der Waals surface area contributed by atoms with Crippen molar-refractivity contribution in [3.8, 4) is 11.1 Å². The minimum atomic E-state index is -4.04. The van der Waals surface area contributed by atoms with Gasteiger partial charge in [0.05, 0.1) is 5.69 Å². The lowest BCUT2D eigenvalue weighted by molar-refractivity contribution is 0.102. The molecule has 0 unspecified atom stereocenters. The lowest BCUT2D eigenvalue weighted by Crippen LogP contribution is -2.28. The van der Waals surface area contributed by atoms with Gasteiger partial charge in [-0.1, -0.05) is 54.6 Å². The van der Waals surface area contributed by atoms with Gasteiger partial charge in [-0.25, -0.2) is 8.42 Å². The maximum Gasteiger partial charge on any atom is 0.267 e. The van der Waals surface area contributed by atoms with Gasteiger partial charge in [0.2, 0.25) is 0 Å². The van der Waals surface area contributed by atoms with Crippen LogP contribution in [0.15, 0.2) is 89.1 Å². The predicted molar refractivity (Wildman–Crippen MR) is 136 cm³/mol. The molecule has 0 aliphatic carbocycles. The van der Waals surface area contributed by atoms with Crippen LogP contribution in [0.5, 0.6) is 0 Å². The Morgan fingerprint density at radius 1 is 0.879 bits per heavy atom. The van der Waals surface area contributed by atoms with Crippen LogP contribution in [-0.4, -0.2) is 21.4 Å². The number of rotatable bonds is 6. The zero-order valence-electron chi connectivity index (χ0n) is 18.6. The zero-order chi connectivity index (χ0) is 23.6. The summed E-state index contributed by atoms with van der Waals surface area (Å²) in [6.45, 7) is 3.84. The number of aryl methyl sites for hydroxylation is 2. The topological polar surface area (TPSA) is 66.5 Å². The van der Waals surface area contributed by atoms with Gasteiger partial charge in [-0.2, -0.15) is 0 Å². The molecule has 7 heteroatoms. The summed E-state index contributed by atoms with van der Waals surface area (Å²) in [6, 6.07) is 23.9. The number of anilines is 2. The quantitative estimate of drug-likeness (QED) is 0.365. The Morgan fingerprint density at radius 2 is 1.55 bits per heavy atom. The number of carbonyl (C=O) groups is 1. The van der Waals surface area contributed by atoms with E-state index < -0.39 is 15.9 Å². The predicted octanol–water partition coefficient (Wildman–Crippen LogP) is 6.11. The molecule has 4 rings (SSSR count). The van der Waals surface area contributed by atoms with Crippen LogP contribution in [0.4, 0.5) is 11.4 Å². The Morgan fingerprint density at radius 3 is 2.21 bits per heavy atom. The highest BCUT2D eigenvalue weighted by Crippen LogP contribution is 2.38. The molecule has 0 bridgehead atoms. The summed E-state index contributed by atoms with van der Waals surface area (Å²) in [6.07, 6.45) is 0. The highest BCUT2D eigenvalue weighted by atomic mass is 32.2. The summed E-state index contributed by atoms with van der Waals surface area (Å²) in [5, 5.41) is 4.59. The lowest BCUT2D eigenvalue weighted by Gasteiger charge is -2.21. The van der Waals surface area contributed by atoms with Crippen LogP contribution in [-0.2, 0) is 10.0 Å². The number of nitrogens with one attached hydrogen (secondary N) is 1. The van der Waals surface area contributed by atoms with E-state index in [2.05, 4.69) is 5.32 Å². The van der Waals surface area contributed by atoms with Gasteiger partial charge in [-0.05, 0) is 54.8 Å². The number of hydrogen-bond donors (Lipinski definition) is 1. The molecule has 1 heterocycles. The van der Waals surface area contributed by atoms with E-state index in [-0.39, 0.29) is 9.77 Å². The monoisotopic (exact) mass is 476 g/mol. The smallest absolute Gasteiger partial charge is 0.267 e. The van der Waals surface area contributed by atoms with E-state index in [4.69, 9.17) is 0 Å². The molecule has 33 heavy (non-hydrogen) atoms. The molecule has 0 saturated carbocycles. The van der Waals surface area contributed by atoms with Crippen LogP contribution in [0.1, 0.15) is 20.8 Å². The molecule has 5 nitrogen and oxygen atoms in total. The van der Waals surface area contributed by atoms with Crippen molar-refractivity contribution in [1.29, 1.82) is 0 Å². The molecule has 0 fully saturated rings. The SMILES string of the molecule is Cc1cccc(NC(=O)c2scc(-c3ccccc3)c2S(=O)(=O)N(C)c2cccc(C)c2)c1. The minimum absolute atomic E-state index is 0.00728. The molecule has 3 aromatic carbocycles. The molecule has 0 saturated heterocycles. The second-order valence-corrected chi connectivity index (χ2v) is 10.6. The first-order valence-corrected chi connectivity index (χ1v) is 12.7. The Hall–Kier alpha value is -3.42. The molecule has 168 valence electrons. The number of thiophene rings is 1. The third kappa shape index (κ3) is 4.69. The van der Waals surface area contributed by atoms with Gasteiger partial charge in [-0.15, -0.1) is 11.3 Å². The van der Waals surface area contributed by atoms with Gasteiger partial charge >= 0.3 is 0 Å². The normalized spacial score (nSPS) is 11.2. The molecule has 0 aliphatic rings. The fourth-order valence-electron chi connectivity index (χ4n) is 3.59. The Labute approximate surface area is 198 Å². The first-order valence-electron chi connectivity index (χ1n) is 10.4. The van der Waals surface area contributed by atoms with Gasteiger partial charge in [0.15, 0.2) is 0 Å². The highest BCUT2D eigenvalue weighted by molar-refractivity contribution is 7.93. The lowest BCUT2D eigenvalue weighted by atomic mass is 10.1. The van der Waals surface area contributed by atoms with Gasteiger partial charge in [0.1, 0.15) is 9.77 Å². The van der Waals surface area contributed by atoms with E-state index in [1.54, 1.807) is 23.6 Å². The first kappa shape index (κ1) is 22.8. The number of sulfonamides is 1. The fourth-order valence-corrected chi connectivity index (χ4v) is 6.43. The molecule has 4 aromatic rings. The summed E-state index contributed by atoms with van der Waals surface area (Å²) in [7, 11) is -2.52. The van der Waals surface area contributed by atoms with Gasteiger partial charge in [0, 0.05) is 23.7 Å². The van der Waals surface area contributed by atoms with E-state index in [1.807, 2.05) is 74.5 Å². The molecule has 0 atom stereocenters. The van der Waals surface area contributed by atoms with Crippen LogP contribution in [0, 0.1) is 13.8 Å². The Kier molecular flexibility index (Phi) is 6.35.